The number of aryl methyl sites for hydroxylation is 2. The van der Waals surface area contributed by atoms with Crippen LogP contribution < -0.4 is 0 Å². The van der Waals surface area contributed by atoms with Crippen molar-refractivity contribution < 1.29 is 4.79 Å². The molecule has 2 nitrogen and oxygen atoms in total. The summed E-state index contributed by atoms with van der Waals surface area (Å²) in [5.41, 5.74) is 3.16. The van der Waals surface area contributed by atoms with Crippen LogP contribution in [0.15, 0.2) is 18.2 Å². The molecule has 1 aromatic rings. The minimum Gasteiger partial charge on any atom is -0.339 e. The van der Waals surface area contributed by atoms with Gasteiger partial charge in [-0.3, -0.25) is 4.79 Å². The number of amides is 1. The second-order valence-electron chi connectivity index (χ2n) is 5.58. The Hall–Kier alpha value is -1.31. The van der Waals surface area contributed by atoms with Gasteiger partial charge < -0.3 is 4.90 Å². The van der Waals surface area contributed by atoms with Crippen molar-refractivity contribution in [3.63, 3.8) is 0 Å². The summed E-state index contributed by atoms with van der Waals surface area (Å²) >= 11 is 0. The number of carbonyl (C=O) groups is 1. The summed E-state index contributed by atoms with van der Waals surface area (Å²) in [5, 5.41) is 0. The highest BCUT2D eigenvalue weighted by Gasteiger charge is 2.23. The van der Waals surface area contributed by atoms with E-state index in [4.69, 9.17) is 0 Å². The van der Waals surface area contributed by atoms with E-state index >= 15 is 0 Å². The van der Waals surface area contributed by atoms with E-state index in [1.807, 2.05) is 37.9 Å². The average Bonchev–Trinajstić information content (AvgIpc) is 2.37. The molecule has 1 fully saturated rings. The summed E-state index contributed by atoms with van der Waals surface area (Å²) < 4.78 is 0. The van der Waals surface area contributed by atoms with E-state index in [1.54, 1.807) is 0 Å². The van der Waals surface area contributed by atoms with Crippen molar-refractivity contribution in [3.05, 3.63) is 34.9 Å². The van der Waals surface area contributed by atoms with E-state index in [0.29, 0.717) is 6.04 Å². The summed E-state index contributed by atoms with van der Waals surface area (Å²) in [6.45, 7) is 4.09. The predicted octanol–water partition coefficient (Wildman–Crippen LogP) is 3.71. The third kappa shape index (κ3) is 2.92. The molecule has 1 aliphatic carbocycles. The SMILES string of the molecule is Cc1cc(C)cc(C(=O)N(C)C2CCCCC2)c1. The highest BCUT2D eigenvalue weighted by molar-refractivity contribution is 5.94. The van der Waals surface area contributed by atoms with E-state index in [0.717, 1.165) is 29.5 Å². The average molecular weight is 245 g/mol. The second-order valence-corrected chi connectivity index (χ2v) is 5.58. The normalized spacial score (nSPS) is 16.6. The molecule has 2 heteroatoms. The third-order valence-corrected chi connectivity index (χ3v) is 3.91. The fourth-order valence-electron chi connectivity index (χ4n) is 2.94. The first kappa shape index (κ1) is 13.1. The van der Waals surface area contributed by atoms with Gasteiger partial charge in [-0.25, -0.2) is 0 Å². The number of hydrogen-bond donors (Lipinski definition) is 0. The quantitative estimate of drug-likeness (QED) is 0.778. The monoisotopic (exact) mass is 245 g/mol. The summed E-state index contributed by atoms with van der Waals surface area (Å²) in [6.07, 6.45) is 6.16. The molecule has 1 saturated carbocycles. The zero-order valence-electron chi connectivity index (χ0n) is 11.7. The van der Waals surface area contributed by atoms with Gasteiger partial charge in [-0.2, -0.15) is 0 Å². The van der Waals surface area contributed by atoms with E-state index in [9.17, 15) is 4.79 Å². The number of hydrogen-bond acceptors (Lipinski definition) is 1. The molecule has 0 radical (unpaired) electrons. The fourth-order valence-corrected chi connectivity index (χ4v) is 2.94. The van der Waals surface area contributed by atoms with Gasteiger partial charge in [0.1, 0.15) is 0 Å². The lowest BCUT2D eigenvalue weighted by Crippen LogP contribution is -2.38. The molecule has 1 aromatic carbocycles. The predicted molar refractivity (Wildman–Crippen MR) is 74.9 cm³/mol. The molecule has 0 heterocycles. The van der Waals surface area contributed by atoms with Gasteiger partial charge in [0.2, 0.25) is 0 Å². The Bertz CT molecular complexity index is 412. The van der Waals surface area contributed by atoms with Crippen molar-refractivity contribution in [3.8, 4) is 0 Å². The Labute approximate surface area is 110 Å². The van der Waals surface area contributed by atoms with Crippen molar-refractivity contribution in [2.75, 3.05) is 7.05 Å². The van der Waals surface area contributed by atoms with Crippen LogP contribution in [-0.4, -0.2) is 23.9 Å². The van der Waals surface area contributed by atoms with Crippen molar-refractivity contribution in [2.45, 2.75) is 52.0 Å². The standard InChI is InChI=1S/C16H23NO/c1-12-9-13(2)11-14(10-12)16(18)17(3)15-7-5-4-6-8-15/h9-11,15H,4-8H2,1-3H3. The molecular weight excluding hydrogens is 222 g/mol. The number of rotatable bonds is 2. The van der Waals surface area contributed by atoms with Crippen LogP contribution in [0.1, 0.15) is 53.6 Å². The smallest absolute Gasteiger partial charge is 0.253 e. The zero-order valence-corrected chi connectivity index (χ0v) is 11.7. The highest BCUT2D eigenvalue weighted by Crippen LogP contribution is 2.23. The highest BCUT2D eigenvalue weighted by atomic mass is 16.2. The van der Waals surface area contributed by atoms with Crippen molar-refractivity contribution in [2.24, 2.45) is 0 Å². The van der Waals surface area contributed by atoms with E-state index < -0.39 is 0 Å². The first-order valence-corrected chi connectivity index (χ1v) is 6.93. The van der Waals surface area contributed by atoms with Crippen LogP contribution in [0.2, 0.25) is 0 Å². The molecule has 0 bridgehead atoms. The Morgan fingerprint density at radius 3 is 2.17 bits per heavy atom. The molecule has 0 aliphatic heterocycles. The Morgan fingerprint density at radius 1 is 1.06 bits per heavy atom. The first-order chi connectivity index (χ1) is 8.58. The van der Waals surface area contributed by atoms with Crippen LogP contribution >= 0.6 is 0 Å². The maximum atomic E-state index is 12.5. The van der Waals surface area contributed by atoms with E-state index in [1.165, 1.54) is 19.3 Å². The van der Waals surface area contributed by atoms with Gasteiger partial charge in [0.15, 0.2) is 0 Å². The molecule has 0 N–H and O–H groups in total. The van der Waals surface area contributed by atoms with E-state index in [-0.39, 0.29) is 5.91 Å². The topological polar surface area (TPSA) is 20.3 Å². The van der Waals surface area contributed by atoms with Crippen molar-refractivity contribution in [1.82, 2.24) is 4.90 Å². The minimum absolute atomic E-state index is 0.175. The van der Waals surface area contributed by atoms with Gasteiger partial charge in [-0.05, 0) is 38.8 Å². The fraction of sp³-hybridized carbons (Fsp3) is 0.562. The van der Waals surface area contributed by atoms with Crippen LogP contribution in [0.25, 0.3) is 0 Å². The second kappa shape index (κ2) is 5.55. The first-order valence-electron chi connectivity index (χ1n) is 6.93. The van der Waals surface area contributed by atoms with Crippen molar-refractivity contribution >= 4 is 5.91 Å². The lowest BCUT2D eigenvalue weighted by atomic mass is 9.94. The van der Waals surface area contributed by atoms with Gasteiger partial charge in [0, 0.05) is 18.7 Å². The van der Waals surface area contributed by atoms with Crippen LogP contribution in [0.4, 0.5) is 0 Å². The van der Waals surface area contributed by atoms with Gasteiger partial charge in [0.25, 0.3) is 5.91 Å². The van der Waals surface area contributed by atoms with Gasteiger partial charge in [0.05, 0.1) is 0 Å². The molecule has 0 spiro atoms. The molecule has 98 valence electrons. The van der Waals surface area contributed by atoms with Gasteiger partial charge in [-0.15, -0.1) is 0 Å². The molecule has 2 rings (SSSR count). The van der Waals surface area contributed by atoms with Crippen molar-refractivity contribution in [1.29, 1.82) is 0 Å². The summed E-state index contributed by atoms with van der Waals surface area (Å²) in [7, 11) is 1.95. The summed E-state index contributed by atoms with van der Waals surface area (Å²) in [6, 6.07) is 6.54. The number of benzene rings is 1. The molecule has 0 unspecified atom stereocenters. The Kier molecular flexibility index (Phi) is 4.05. The maximum absolute atomic E-state index is 12.5. The molecular formula is C16H23NO. The number of carbonyl (C=O) groups excluding carboxylic acids is 1. The Balaban J connectivity index is 2.14. The van der Waals surface area contributed by atoms with Crippen LogP contribution in [0.3, 0.4) is 0 Å². The molecule has 0 aromatic heterocycles. The van der Waals surface area contributed by atoms with Crippen LogP contribution in [0.5, 0.6) is 0 Å². The minimum atomic E-state index is 0.175. The molecule has 1 aliphatic rings. The van der Waals surface area contributed by atoms with Gasteiger partial charge >= 0.3 is 0 Å². The van der Waals surface area contributed by atoms with Crippen LogP contribution in [0, 0.1) is 13.8 Å². The largest absolute Gasteiger partial charge is 0.339 e. The maximum Gasteiger partial charge on any atom is 0.253 e. The molecule has 18 heavy (non-hydrogen) atoms. The summed E-state index contributed by atoms with van der Waals surface area (Å²) in [4.78, 5) is 14.4. The lowest BCUT2D eigenvalue weighted by Gasteiger charge is -2.31. The summed E-state index contributed by atoms with van der Waals surface area (Å²) in [5.74, 6) is 0.175. The zero-order chi connectivity index (χ0) is 13.1. The van der Waals surface area contributed by atoms with E-state index in [2.05, 4.69) is 6.07 Å². The van der Waals surface area contributed by atoms with Crippen LogP contribution in [-0.2, 0) is 0 Å². The molecule has 0 saturated heterocycles. The lowest BCUT2D eigenvalue weighted by molar-refractivity contribution is 0.0696. The van der Waals surface area contributed by atoms with Gasteiger partial charge in [-0.1, -0.05) is 36.5 Å². The third-order valence-electron chi connectivity index (χ3n) is 3.91. The molecule has 1 amide bonds. The molecule has 0 atom stereocenters. The number of nitrogens with zero attached hydrogens (tertiary/aromatic N) is 1. The Morgan fingerprint density at radius 2 is 1.61 bits per heavy atom.